The van der Waals surface area contributed by atoms with Gasteiger partial charge >= 0.3 is 0 Å². The van der Waals surface area contributed by atoms with Gasteiger partial charge in [-0.3, -0.25) is 9.78 Å². The molecular formula is C24H25N3O4. The molecule has 0 spiro atoms. The SMILES string of the molecule is COc1ccc(NC(=O)c2ccc(N3CCOCC3)cc2)cc1OCc1ccncc1. The van der Waals surface area contributed by atoms with Gasteiger partial charge in [-0.05, 0) is 54.1 Å². The van der Waals surface area contributed by atoms with Crippen LogP contribution in [0.3, 0.4) is 0 Å². The normalized spacial score (nSPS) is 13.5. The van der Waals surface area contributed by atoms with Crippen LogP contribution in [0.2, 0.25) is 0 Å². The molecule has 1 saturated heterocycles. The largest absolute Gasteiger partial charge is 0.493 e. The molecule has 2 aromatic carbocycles. The van der Waals surface area contributed by atoms with Crippen molar-refractivity contribution in [2.45, 2.75) is 6.61 Å². The van der Waals surface area contributed by atoms with Crippen LogP contribution in [-0.2, 0) is 11.3 Å². The van der Waals surface area contributed by atoms with Gasteiger partial charge in [0.25, 0.3) is 5.91 Å². The molecule has 1 fully saturated rings. The standard InChI is InChI=1S/C24H25N3O4/c1-29-22-7-4-20(16-23(22)31-17-18-8-10-25-11-9-18)26-24(28)19-2-5-21(6-3-19)27-12-14-30-15-13-27/h2-11,16H,12-15,17H2,1H3,(H,26,28). The predicted octanol–water partition coefficient (Wildman–Crippen LogP) is 3.76. The number of nitrogens with one attached hydrogen (secondary N) is 1. The first kappa shape index (κ1) is 20.7. The summed E-state index contributed by atoms with van der Waals surface area (Å²) in [6.45, 7) is 3.55. The number of rotatable bonds is 7. The van der Waals surface area contributed by atoms with Crippen LogP contribution < -0.4 is 19.7 Å². The molecule has 1 N–H and O–H groups in total. The number of aromatic nitrogens is 1. The van der Waals surface area contributed by atoms with Crippen LogP contribution in [0.5, 0.6) is 11.5 Å². The van der Waals surface area contributed by atoms with Crippen LogP contribution in [0.4, 0.5) is 11.4 Å². The van der Waals surface area contributed by atoms with Crippen molar-refractivity contribution in [3.05, 3.63) is 78.1 Å². The van der Waals surface area contributed by atoms with Crippen LogP contribution >= 0.6 is 0 Å². The molecule has 31 heavy (non-hydrogen) atoms. The second-order valence-corrected chi connectivity index (χ2v) is 7.11. The average Bonchev–Trinajstić information content (AvgIpc) is 2.84. The zero-order chi connectivity index (χ0) is 21.5. The first-order valence-corrected chi connectivity index (χ1v) is 10.2. The molecule has 1 aliphatic rings. The van der Waals surface area contributed by atoms with E-state index >= 15 is 0 Å². The number of ether oxygens (including phenoxy) is 3. The summed E-state index contributed by atoms with van der Waals surface area (Å²) in [5, 5.41) is 2.93. The summed E-state index contributed by atoms with van der Waals surface area (Å²) in [4.78, 5) is 19.0. The second-order valence-electron chi connectivity index (χ2n) is 7.11. The van der Waals surface area contributed by atoms with E-state index < -0.39 is 0 Å². The van der Waals surface area contributed by atoms with E-state index in [9.17, 15) is 4.79 Å². The van der Waals surface area contributed by atoms with E-state index in [2.05, 4.69) is 15.2 Å². The van der Waals surface area contributed by atoms with Crippen molar-refractivity contribution in [1.29, 1.82) is 0 Å². The fourth-order valence-corrected chi connectivity index (χ4v) is 3.36. The minimum Gasteiger partial charge on any atom is -0.493 e. The lowest BCUT2D eigenvalue weighted by Crippen LogP contribution is -2.36. The van der Waals surface area contributed by atoms with Crippen molar-refractivity contribution in [1.82, 2.24) is 4.98 Å². The van der Waals surface area contributed by atoms with Crippen LogP contribution in [0, 0.1) is 0 Å². The van der Waals surface area contributed by atoms with E-state index in [1.807, 2.05) is 36.4 Å². The average molecular weight is 419 g/mol. The van der Waals surface area contributed by atoms with E-state index in [1.165, 1.54) is 0 Å². The Morgan fingerprint density at radius 2 is 1.77 bits per heavy atom. The molecule has 2 heterocycles. The number of carbonyl (C=O) groups is 1. The Hall–Kier alpha value is -3.58. The Morgan fingerprint density at radius 1 is 1.03 bits per heavy atom. The fourth-order valence-electron chi connectivity index (χ4n) is 3.36. The molecule has 0 radical (unpaired) electrons. The van der Waals surface area contributed by atoms with Crippen molar-refractivity contribution >= 4 is 17.3 Å². The van der Waals surface area contributed by atoms with Crippen molar-refractivity contribution in [3.8, 4) is 11.5 Å². The monoisotopic (exact) mass is 419 g/mol. The number of nitrogens with zero attached hydrogens (tertiary/aromatic N) is 2. The number of anilines is 2. The Balaban J connectivity index is 1.42. The lowest BCUT2D eigenvalue weighted by Gasteiger charge is -2.28. The third kappa shape index (κ3) is 5.32. The Labute approximate surface area is 181 Å². The van der Waals surface area contributed by atoms with E-state index in [4.69, 9.17) is 14.2 Å². The summed E-state index contributed by atoms with van der Waals surface area (Å²) in [5.74, 6) is 0.973. The first-order valence-electron chi connectivity index (χ1n) is 10.2. The molecule has 7 heteroatoms. The van der Waals surface area contributed by atoms with Gasteiger partial charge in [0.05, 0.1) is 20.3 Å². The number of carbonyl (C=O) groups excluding carboxylic acids is 1. The Morgan fingerprint density at radius 3 is 2.48 bits per heavy atom. The topological polar surface area (TPSA) is 72.9 Å². The zero-order valence-corrected chi connectivity index (χ0v) is 17.4. The van der Waals surface area contributed by atoms with E-state index in [-0.39, 0.29) is 5.91 Å². The smallest absolute Gasteiger partial charge is 0.255 e. The maximum atomic E-state index is 12.7. The van der Waals surface area contributed by atoms with Crippen molar-refractivity contribution in [3.63, 3.8) is 0 Å². The second kappa shape index (κ2) is 9.95. The van der Waals surface area contributed by atoms with Crippen LogP contribution in [0.15, 0.2) is 67.0 Å². The maximum absolute atomic E-state index is 12.7. The molecule has 0 unspecified atom stereocenters. The number of methoxy groups -OCH3 is 1. The van der Waals surface area contributed by atoms with Gasteiger partial charge in [-0.1, -0.05) is 0 Å². The summed E-state index contributed by atoms with van der Waals surface area (Å²) in [6, 6.07) is 16.7. The summed E-state index contributed by atoms with van der Waals surface area (Å²) < 4.78 is 16.7. The first-order chi connectivity index (χ1) is 15.2. The third-order valence-corrected chi connectivity index (χ3v) is 5.07. The van der Waals surface area contributed by atoms with Gasteiger partial charge in [-0.2, -0.15) is 0 Å². The van der Waals surface area contributed by atoms with Gasteiger partial charge in [-0.25, -0.2) is 0 Å². The molecule has 0 saturated carbocycles. The number of pyridine rings is 1. The molecule has 1 aliphatic heterocycles. The molecule has 3 aromatic rings. The summed E-state index contributed by atoms with van der Waals surface area (Å²) >= 11 is 0. The quantitative estimate of drug-likeness (QED) is 0.629. The summed E-state index contributed by atoms with van der Waals surface area (Å²) in [6.07, 6.45) is 3.44. The number of morpholine rings is 1. The molecule has 1 aromatic heterocycles. The van der Waals surface area contributed by atoms with Gasteiger partial charge < -0.3 is 24.4 Å². The maximum Gasteiger partial charge on any atom is 0.255 e. The van der Waals surface area contributed by atoms with E-state index in [1.54, 1.807) is 37.7 Å². The number of amides is 1. The lowest BCUT2D eigenvalue weighted by molar-refractivity contribution is 0.102. The molecule has 1 amide bonds. The predicted molar refractivity (Wildman–Crippen MR) is 119 cm³/mol. The highest BCUT2D eigenvalue weighted by Gasteiger charge is 2.13. The Bertz CT molecular complexity index is 1000. The molecule has 0 bridgehead atoms. The van der Waals surface area contributed by atoms with Crippen LogP contribution in [0.1, 0.15) is 15.9 Å². The van der Waals surface area contributed by atoms with Gasteiger partial charge in [0.15, 0.2) is 11.5 Å². The third-order valence-electron chi connectivity index (χ3n) is 5.07. The molecule has 0 aliphatic carbocycles. The van der Waals surface area contributed by atoms with Gasteiger partial charge in [-0.15, -0.1) is 0 Å². The highest BCUT2D eigenvalue weighted by atomic mass is 16.5. The summed E-state index contributed by atoms with van der Waals surface area (Å²) in [5.41, 5.74) is 3.31. The zero-order valence-electron chi connectivity index (χ0n) is 17.4. The molecule has 7 nitrogen and oxygen atoms in total. The van der Waals surface area contributed by atoms with Crippen LogP contribution in [-0.4, -0.2) is 44.3 Å². The minimum absolute atomic E-state index is 0.182. The van der Waals surface area contributed by atoms with Crippen molar-refractivity contribution in [2.24, 2.45) is 0 Å². The molecular weight excluding hydrogens is 394 g/mol. The minimum atomic E-state index is -0.182. The number of benzene rings is 2. The summed E-state index contributed by atoms with van der Waals surface area (Å²) in [7, 11) is 1.59. The van der Waals surface area contributed by atoms with Gasteiger partial charge in [0.2, 0.25) is 0 Å². The molecule has 4 rings (SSSR count). The van der Waals surface area contributed by atoms with Gasteiger partial charge in [0, 0.05) is 48.5 Å². The highest BCUT2D eigenvalue weighted by molar-refractivity contribution is 6.04. The van der Waals surface area contributed by atoms with Gasteiger partial charge in [0.1, 0.15) is 6.61 Å². The fraction of sp³-hybridized carbons (Fsp3) is 0.250. The van der Waals surface area contributed by atoms with E-state index in [0.717, 1.165) is 37.6 Å². The van der Waals surface area contributed by atoms with Crippen molar-refractivity contribution < 1.29 is 19.0 Å². The lowest BCUT2D eigenvalue weighted by atomic mass is 10.1. The number of hydrogen-bond donors (Lipinski definition) is 1. The Kier molecular flexibility index (Phi) is 6.64. The molecule has 0 atom stereocenters. The van der Waals surface area contributed by atoms with E-state index in [0.29, 0.717) is 29.4 Å². The molecule has 160 valence electrons. The van der Waals surface area contributed by atoms with Crippen molar-refractivity contribution in [2.75, 3.05) is 43.6 Å². The highest BCUT2D eigenvalue weighted by Crippen LogP contribution is 2.31. The number of hydrogen-bond acceptors (Lipinski definition) is 6. The van der Waals surface area contributed by atoms with Crippen LogP contribution in [0.25, 0.3) is 0 Å².